The molecule has 8 nitrogen and oxygen atoms in total. The number of benzene rings is 1. The second kappa shape index (κ2) is 9.18. The lowest BCUT2D eigenvalue weighted by molar-refractivity contribution is 0.331. The molecule has 3 rings (SSSR count). The van der Waals surface area contributed by atoms with Crippen molar-refractivity contribution in [3.63, 3.8) is 0 Å². The van der Waals surface area contributed by atoms with Gasteiger partial charge in [-0.15, -0.1) is 10.2 Å². The van der Waals surface area contributed by atoms with E-state index in [2.05, 4.69) is 36.2 Å². The van der Waals surface area contributed by atoms with Crippen molar-refractivity contribution in [3.8, 4) is 11.6 Å². The van der Waals surface area contributed by atoms with Crippen LogP contribution in [0.4, 0.5) is 5.82 Å². The molecule has 0 bridgehead atoms. The third-order valence-electron chi connectivity index (χ3n) is 3.74. The molecule has 2 aromatic heterocycles. The molecule has 0 fully saturated rings. The highest BCUT2D eigenvalue weighted by atomic mass is 79.9. The lowest BCUT2D eigenvalue weighted by Gasteiger charge is -2.12. The van der Waals surface area contributed by atoms with Crippen LogP contribution in [0, 0.1) is 0 Å². The Morgan fingerprint density at radius 1 is 1.11 bits per heavy atom. The second-order valence-electron chi connectivity index (χ2n) is 5.72. The second-order valence-corrected chi connectivity index (χ2v) is 8.37. The van der Waals surface area contributed by atoms with Gasteiger partial charge >= 0.3 is 0 Å². The summed E-state index contributed by atoms with van der Waals surface area (Å²) in [4.78, 5) is 0.0968. The molecular formula is C18H20BrN5O3S. The maximum atomic E-state index is 12.6. The molecule has 0 aliphatic heterocycles. The Kier molecular flexibility index (Phi) is 6.65. The molecular weight excluding hydrogens is 446 g/mol. The van der Waals surface area contributed by atoms with Crippen molar-refractivity contribution in [1.29, 1.82) is 0 Å². The zero-order valence-corrected chi connectivity index (χ0v) is 17.6. The van der Waals surface area contributed by atoms with E-state index in [1.165, 1.54) is 6.07 Å². The van der Waals surface area contributed by atoms with Crippen molar-refractivity contribution in [2.24, 2.45) is 0 Å². The largest absolute Gasteiger partial charge is 0.492 e. The fraction of sp³-hybridized carbons (Fsp3) is 0.222. The zero-order chi connectivity index (χ0) is 20.0. The van der Waals surface area contributed by atoms with Crippen LogP contribution in [0.15, 0.2) is 64.2 Å². The Morgan fingerprint density at radius 3 is 2.57 bits per heavy atom. The van der Waals surface area contributed by atoms with E-state index < -0.39 is 10.0 Å². The van der Waals surface area contributed by atoms with Crippen molar-refractivity contribution >= 4 is 31.8 Å². The molecule has 3 aromatic rings. The number of sulfonamides is 1. The van der Waals surface area contributed by atoms with Gasteiger partial charge in [0.2, 0.25) is 10.0 Å². The highest BCUT2D eigenvalue weighted by Gasteiger charge is 2.19. The Balaban J connectivity index is 1.57. The normalized spacial score (nSPS) is 11.4. The molecule has 1 aromatic carbocycles. The lowest BCUT2D eigenvalue weighted by atomic mass is 10.3. The molecule has 28 heavy (non-hydrogen) atoms. The average Bonchev–Trinajstić information content (AvgIpc) is 3.22. The van der Waals surface area contributed by atoms with Crippen molar-refractivity contribution in [2.75, 3.05) is 25.0 Å². The van der Waals surface area contributed by atoms with Gasteiger partial charge in [-0.05, 0) is 49.4 Å². The van der Waals surface area contributed by atoms with Gasteiger partial charge in [0.15, 0.2) is 5.82 Å². The highest BCUT2D eigenvalue weighted by Crippen LogP contribution is 2.27. The molecule has 10 heteroatoms. The number of rotatable bonds is 9. The van der Waals surface area contributed by atoms with Gasteiger partial charge in [-0.1, -0.05) is 15.9 Å². The van der Waals surface area contributed by atoms with E-state index in [4.69, 9.17) is 4.74 Å². The molecule has 2 N–H and O–H groups in total. The maximum absolute atomic E-state index is 12.6. The molecule has 0 spiro atoms. The minimum absolute atomic E-state index is 0.0968. The summed E-state index contributed by atoms with van der Waals surface area (Å²) in [5.41, 5.74) is 0. The van der Waals surface area contributed by atoms with E-state index in [1.807, 2.05) is 35.2 Å². The van der Waals surface area contributed by atoms with Gasteiger partial charge in [0.1, 0.15) is 16.5 Å². The Hall–Kier alpha value is -2.43. The van der Waals surface area contributed by atoms with Crippen LogP contribution in [0.3, 0.4) is 0 Å². The van der Waals surface area contributed by atoms with E-state index in [1.54, 1.807) is 25.1 Å². The van der Waals surface area contributed by atoms with E-state index >= 15 is 0 Å². The van der Waals surface area contributed by atoms with E-state index in [0.29, 0.717) is 35.0 Å². The minimum atomic E-state index is -3.71. The molecule has 0 saturated heterocycles. The molecule has 2 heterocycles. The molecule has 0 unspecified atom stereocenters. The van der Waals surface area contributed by atoms with Crippen LogP contribution in [-0.2, 0) is 10.0 Å². The standard InChI is InChI=1S/C18H20BrN5O3S/c1-2-27-15-6-5-14(19)13-16(15)28(25,26)21-10-9-20-17-7-8-18(23-22-17)24-11-3-4-12-24/h3-8,11-13,21H,2,9-10H2,1H3,(H,20,22). The number of hydrogen-bond donors (Lipinski definition) is 2. The quantitative estimate of drug-likeness (QED) is 0.471. The molecule has 0 atom stereocenters. The van der Waals surface area contributed by atoms with Gasteiger partial charge < -0.3 is 14.6 Å². The van der Waals surface area contributed by atoms with Gasteiger partial charge in [0.05, 0.1) is 6.61 Å². The number of nitrogens with one attached hydrogen (secondary N) is 2. The summed E-state index contributed by atoms with van der Waals surface area (Å²) in [6.07, 6.45) is 3.76. The predicted octanol–water partition coefficient (Wildman–Crippen LogP) is 2.82. The van der Waals surface area contributed by atoms with Crippen LogP contribution in [0.5, 0.6) is 5.75 Å². The smallest absolute Gasteiger partial charge is 0.244 e. The first-order valence-electron chi connectivity index (χ1n) is 8.62. The van der Waals surface area contributed by atoms with Crippen molar-refractivity contribution in [1.82, 2.24) is 19.5 Å². The number of anilines is 1. The number of halogens is 1. The van der Waals surface area contributed by atoms with Crippen LogP contribution in [0.1, 0.15) is 6.92 Å². The van der Waals surface area contributed by atoms with Gasteiger partial charge in [-0.2, -0.15) is 0 Å². The van der Waals surface area contributed by atoms with Crippen molar-refractivity contribution < 1.29 is 13.2 Å². The van der Waals surface area contributed by atoms with Crippen LogP contribution >= 0.6 is 15.9 Å². The predicted molar refractivity (Wildman–Crippen MR) is 110 cm³/mol. The zero-order valence-electron chi connectivity index (χ0n) is 15.2. The molecule has 0 aliphatic rings. The van der Waals surface area contributed by atoms with Crippen molar-refractivity contribution in [2.45, 2.75) is 11.8 Å². The number of hydrogen-bond acceptors (Lipinski definition) is 6. The molecule has 0 amide bonds. The summed E-state index contributed by atoms with van der Waals surface area (Å²) >= 11 is 3.30. The number of ether oxygens (including phenoxy) is 1. The average molecular weight is 466 g/mol. The van der Waals surface area contributed by atoms with E-state index in [0.717, 1.165) is 0 Å². The maximum Gasteiger partial charge on any atom is 0.244 e. The third kappa shape index (κ3) is 5.09. The summed E-state index contributed by atoms with van der Waals surface area (Å²) in [5.74, 6) is 1.58. The summed E-state index contributed by atoms with van der Waals surface area (Å²) in [6, 6.07) is 12.3. The SMILES string of the molecule is CCOc1ccc(Br)cc1S(=O)(=O)NCCNc1ccc(-n2cccc2)nn1. The summed E-state index contributed by atoms with van der Waals surface area (Å²) in [6.45, 7) is 2.72. The Bertz CT molecular complexity index is 1010. The van der Waals surface area contributed by atoms with Crippen LogP contribution in [0.25, 0.3) is 5.82 Å². The summed E-state index contributed by atoms with van der Waals surface area (Å²) < 4.78 is 35.7. The van der Waals surface area contributed by atoms with Crippen LogP contribution in [0.2, 0.25) is 0 Å². The first-order valence-corrected chi connectivity index (χ1v) is 10.9. The highest BCUT2D eigenvalue weighted by molar-refractivity contribution is 9.10. The van der Waals surface area contributed by atoms with Gasteiger partial charge in [0.25, 0.3) is 0 Å². The first-order chi connectivity index (χ1) is 13.5. The number of aromatic nitrogens is 3. The minimum Gasteiger partial charge on any atom is -0.492 e. The summed E-state index contributed by atoms with van der Waals surface area (Å²) in [5, 5.41) is 11.3. The molecule has 0 saturated carbocycles. The van der Waals surface area contributed by atoms with Crippen LogP contribution in [-0.4, -0.2) is 42.9 Å². The Morgan fingerprint density at radius 2 is 1.89 bits per heavy atom. The van der Waals surface area contributed by atoms with Crippen molar-refractivity contribution in [3.05, 3.63) is 59.3 Å². The van der Waals surface area contributed by atoms with Crippen LogP contribution < -0.4 is 14.8 Å². The van der Waals surface area contributed by atoms with Gasteiger partial charge in [-0.3, -0.25) is 0 Å². The molecule has 0 radical (unpaired) electrons. The first kappa shape index (κ1) is 20.3. The monoisotopic (exact) mass is 465 g/mol. The molecule has 0 aliphatic carbocycles. The third-order valence-corrected chi connectivity index (χ3v) is 5.71. The summed E-state index contributed by atoms with van der Waals surface area (Å²) in [7, 11) is -3.71. The van der Waals surface area contributed by atoms with Gasteiger partial charge in [-0.25, -0.2) is 13.1 Å². The number of nitrogens with zero attached hydrogens (tertiary/aromatic N) is 3. The van der Waals surface area contributed by atoms with E-state index in [-0.39, 0.29) is 11.4 Å². The molecule has 148 valence electrons. The van der Waals surface area contributed by atoms with Gasteiger partial charge in [0, 0.05) is 30.0 Å². The Labute approximate surface area is 172 Å². The topological polar surface area (TPSA) is 98.1 Å². The fourth-order valence-corrected chi connectivity index (χ4v) is 4.18. The van der Waals surface area contributed by atoms with E-state index in [9.17, 15) is 8.42 Å². The fourth-order valence-electron chi connectivity index (χ4n) is 2.46. The lowest BCUT2D eigenvalue weighted by Crippen LogP contribution is -2.29.